The first-order valence-corrected chi connectivity index (χ1v) is 16.5. The van der Waals surface area contributed by atoms with E-state index in [9.17, 15) is 18.0 Å². The minimum atomic E-state index is -2.72. The summed E-state index contributed by atoms with van der Waals surface area (Å²) in [6, 6.07) is 40.3. The average molecular weight is 658 g/mol. The highest BCUT2D eigenvalue weighted by Gasteiger charge is 2.50. The number of anilines is 2. The lowest BCUT2D eigenvalue weighted by Crippen LogP contribution is -2.51. The van der Waals surface area contributed by atoms with E-state index < -0.39 is 33.3 Å². The van der Waals surface area contributed by atoms with Gasteiger partial charge in [-0.3, -0.25) is 14.5 Å². The molecule has 0 spiro atoms. The van der Waals surface area contributed by atoms with Crippen LogP contribution in [0.15, 0.2) is 132 Å². The molecule has 1 saturated heterocycles. The van der Waals surface area contributed by atoms with Gasteiger partial charge in [-0.2, -0.15) is 8.42 Å². The van der Waals surface area contributed by atoms with Crippen LogP contribution in [0.4, 0.5) is 17.2 Å². The summed E-state index contributed by atoms with van der Waals surface area (Å²) in [5.41, 5.74) is 10.7. The van der Waals surface area contributed by atoms with Crippen molar-refractivity contribution in [1.82, 2.24) is 9.88 Å². The van der Waals surface area contributed by atoms with Gasteiger partial charge in [0.05, 0.1) is 17.8 Å². The van der Waals surface area contributed by atoms with Gasteiger partial charge in [0.1, 0.15) is 6.04 Å². The maximum Gasteiger partial charge on any atom is 0.317 e. The Kier molecular flexibility index (Phi) is 9.03. The number of hydrogen-bond donors (Lipinski definition) is 1. The molecule has 1 fully saturated rings. The fraction of sp³-hybridized carbons (Fsp3) is 0.184. The number of benzene rings is 4. The molecular weight excluding hydrogens is 623 g/mol. The fourth-order valence-corrected chi connectivity index (χ4v) is 7.29. The van der Waals surface area contributed by atoms with E-state index in [1.807, 2.05) is 90.4 Å². The molecule has 6 rings (SSSR count). The molecule has 2 heterocycles. The van der Waals surface area contributed by atoms with Gasteiger partial charge in [-0.1, -0.05) is 103 Å². The summed E-state index contributed by atoms with van der Waals surface area (Å²) in [5, 5.41) is 0. The predicted molar refractivity (Wildman–Crippen MR) is 186 cm³/mol. The molecule has 242 valence electrons. The zero-order valence-electron chi connectivity index (χ0n) is 26.6. The van der Waals surface area contributed by atoms with E-state index in [0.717, 1.165) is 27.9 Å². The molecule has 2 N–H and O–H groups in total. The van der Waals surface area contributed by atoms with Crippen LogP contribution in [0.25, 0.3) is 0 Å². The first kappa shape index (κ1) is 32.5. The number of rotatable bonds is 10. The smallest absolute Gasteiger partial charge is 0.317 e. The van der Waals surface area contributed by atoms with Gasteiger partial charge in [-0.05, 0) is 59.9 Å². The van der Waals surface area contributed by atoms with Gasteiger partial charge in [0, 0.05) is 24.0 Å². The highest BCUT2D eigenvalue weighted by Crippen LogP contribution is 2.46. The molecule has 0 amide bonds. The largest absolute Gasteiger partial charge is 0.395 e. The Morgan fingerprint density at radius 1 is 0.854 bits per heavy atom. The van der Waals surface area contributed by atoms with Gasteiger partial charge in [-0.15, -0.1) is 4.36 Å². The molecule has 48 heavy (non-hydrogen) atoms. The van der Waals surface area contributed by atoms with Crippen molar-refractivity contribution in [2.45, 2.75) is 37.4 Å². The number of hydrogen-bond acceptors (Lipinski definition) is 9. The number of nitrogens with two attached hydrogens (primary N) is 1. The maximum absolute atomic E-state index is 13.3. The van der Waals surface area contributed by atoms with E-state index in [1.165, 1.54) is 6.20 Å². The molecule has 1 aromatic heterocycles. The van der Waals surface area contributed by atoms with Crippen molar-refractivity contribution >= 4 is 39.8 Å². The van der Waals surface area contributed by atoms with Gasteiger partial charge < -0.3 is 10.6 Å². The number of pyridine rings is 1. The normalized spacial score (nSPS) is 16.0. The van der Waals surface area contributed by atoms with Crippen molar-refractivity contribution in [3.8, 4) is 0 Å². The summed E-state index contributed by atoms with van der Waals surface area (Å²) in [7, 11) is -2.72. The van der Waals surface area contributed by atoms with Crippen LogP contribution in [-0.2, 0) is 32.0 Å². The number of nitrogens with zero attached hydrogens (tertiary/aromatic N) is 4. The lowest BCUT2D eigenvalue weighted by molar-refractivity contribution is -0.131. The van der Waals surface area contributed by atoms with Crippen LogP contribution in [0.5, 0.6) is 0 Å². The number of ketones is 1. The first-order valence-electron chi connectivity index (χ1n) is 15.5. The van der Waals surface area contributed by atoms with Crippen LogP contribution in [-0.4, -0.2) is 48.6 Å². The number of carbonyl (C=O) groups excluding carboxylic acids is 2. The first-order chi connectivity index (χ1) is 23.2. The summed E-state index contributed by atoms with van der Waals surface area (Å²) in [6.07, 6.45) is 1.83. The van der Waals surface area contributed by atoms with Crippen LogP contribution < -0.4 is 10.6 Å². The van der Waals surface area contributed by atoms with Crippen LogP contribution in [0.2, 0.25) is 0 Å². The molecule has 1 unspecified atom stereocenters. The zero-order chi connectivity index (χ0) is 33.9. The molecule has 0 radical (unpaired) electrons. The van der Waals surface area contributed by atoms with E-state index in [2.05, 4.69) is 57.9 Å². The van der Waals surface area contributed by atoms with Crippen LogP contribution in [0, 0.1) is 0 Å². The van der Waals surface area contributed by atoms with Crippen molar-refractivity contribution in [1.29, 1.82) is 0 Å². The third-order valence-corrected chi connectivity index (χ3v) is 9.66. The molecule has 1 aliphatic rings. The number of nitrogen functional groups attached to an aromatic ring is 1. The molecule has 10 heteroatoms. The van der Waals surface area contributed by atoms with E-state index in [1.54, 1.807) is 6.07 Å². The van der Waals surface area contributed by atoms with Crippen molar-refractivity contribution in [3.63, 3.8) is 0 Å². The number of aromatic nitrogens is 1. The predicted octanol–water partition coefficient (Wildman–Crippen LogP) is 5.94. The summed E-state index contributed by atoms with van der Waals surface area (Å²) in [5.74, 6) is -0.636. The molecule has 1 aliphatic heterocycles. The van der Waals surface area contributed by atoms with Gasteiger partial charge in [0.25, 0.3) is 0 Å². The van der Waals surface area contributed by atoms with E-state index in [4.69, 9.17) is 5.73 Å². The monoisotopic (exact) mass is 657 g/mol. The third-order valence-electron chi connectivity index (χ3n) is 9.34. The van der Waals surface area contributed by atoms with Gasteiger partial charge >= 0.3 is 10.5 Å². The average Bonchev–Trinajstić information content (AvgIpc) is 3.37. The summed E-state index contributed by atoms with van der Waals surface area (Å²) < 4.78 is 25.9. The second-order valence-electron chi connectivity index (χ2n) is 12.3. The fourth-order valence-electron chi connectivity index (χ4n) is 7.01. The molecule has 9 nitrogen and oxygen atoms in total. The lowest BCUT2D eigenvalue weighted by Gasteiger charge is -2.37. The van der Waals surface area contributed by atoms with E-state index in [-0.39, 0.29) is 18.1 Å². The Morgan fingerprint density at radius 3 is 1.83 bits per heavy atom. The molecule has 5 aromatic rings. The highest BCUT2D eigenvalue weighted by molar-refractivity contribution is 7.61. The minimum Gasteiger partial charge on any atom is -0.395 e. The number of carbonyl (C=O) groups is 2. The van der Waals surface area contributed by atoms with Crippen LogP contribution >= 0.6 is 0 Å². The second kappa shape index (κ2) is 13.3. The number of aldehydes is 1. The minimum absolute atomic E-state index is 0.0930. The molecule has 0 saturated carbocycles. The zero-order valence-corrected chi connectivity index (χ0v) is 27.4. The van der Waals surface area contributed by atoms with Gasteiger partial charge in [-0.25, -0.2) is 4.98 Å². The summed E-state index contributed by atoms with van der Waals surface area (Å²) in [4.78, 5) is 33.2. The molecule has 4 aromatic carbocycles. The maximum atomic E-state index is 13.3. The Morgan fingerprint density at radius 2 is 1.35 bits per heavy atom. The SMILES string of the molecule is CC1(C)C(C(=O)C=O)N(c2ccc(C(c3ccccc3)(c3ccccc3)c3ccccc3)cc2)CN1Cc1ccnc(N=S(=O)=O)c1N. The lowest BCUT2D eigenvalue weighted by atomic mass is 9.65. The standard InChI is InChI=1S/C38H35N5O4S/c1-37(2)35(33(45)25-44)43(26-42(37)24-27-22-23-40-36(34(27)39)41-48(46)47)32-20-18-31(19-21-32)38(28-12-6-3-7-13-28,29-14-8-4-9-15-29)30-16-10-5-11-17-30/h3-23,25,35H,24,26,39H2,1-2H3. The molecular formula is C38H35N5O4S. The second-order valence-corrected chi connectivity index (χ2v) is 12.9. The van der Waals surface area contributed by atoms with Crippen LogP contribution in [0.3, 0.4) is 0 Å². The Labute approximate surface area is 281 Å². The van der Waals surface area contributed by atoms with E-state index in [0.29, 0.717) is 18.5 Å². The highest BCUT2D eigenvalue weighted by atomic mass is 32.2. The van der Waals surface area contributed by atoms with Crippen molar-refractivity contribution in [2.24, 2.45) is 4.36 Å². The van der Waals surface area contributed by atoms with Crippen molar-refractivity contribution in [3.05, 3.63) is 155 Å². The Balaban J connectivity index is 1.44. The quantitative estimate of drug-likeness (QED) is 0.111. The Bertz CT molecular complexity index is 1970. The summed E-state index contributed by atoms with van der Waals surface area (Å²) >= 11 is 0. The molecule has 1 atom stereocenters. The van der Waals surface area contributed by atoms with Crippen molar-refractivity contribution < 1.29 is 18.0 Å². The van der Waals surface area contributed by atoms with Crippen LogP contribution in [0.1, 0.15) is 41.7 Å². The molecule has 0 aliphatic carbocycles. The third kappa shape index (κ3) is 5.80. The van der Waals surface area contributed by atoms with Gasteiger partial charge in [0.2, 0.25) is 5.78 Å². The molecule has 0 bridgehead atoms. The van der Waals surface area contributed by atoms with Crippen molar-refractivity contribution in [2.75, 3.05) is 17.3 Å². The van der Waals surface area contributed by atoms with E-state index >= 15 is 0 Å². The number of Topliss-reactive ketones (excluding diaryl/α,β-unsaturated/α-hetero) is 1. The Hall–Kier alpha value is -5.45. The topological polar surface area (TPSA) is 126 Å². The van der Waals surface area contributed by atoms with Gasteiger partial charge in [0.15, 0.2) is 12.1 Å². The summed E-state index contributed by atoms with van der Waals surface area (Å²) in [6.45, 7) is 4.40.